The van der Waals surface area contributed by atoms with Crippen molar-refractivity contribution in [3.8, 4) is 0 Å². The van der Waals surface area contributed by atoms with Crippen LogP contribution in [0.25, 0.3) is 0 Å². The van der Waals surface area contributed by atoms with Gasteiger partial charge in [0.25, 0.3) is 0 Å². The summed E-state index contributed by atoms with van der Waals surface area (Å²) >= 11 is 1.73. The van der Waals surface area contributed by atoms with Crippen LogP contribution in [0.5, 0.6) is 0 Å². The SMILES string of the molecule is OC1(CCc2ccsc2)C=CCCC1. The van der Waals surface area contributed by atoms with Crippen LogP contribution in [0.3, 0.4) is 0 Å². The first-order valence-corrected chi connectivity index (χ1v) is 6.14. The Morgan fingerprint density at radius 3 is 3.07 bits per heavy atom. The molecule has 1 nitrogen and oxygen atoms in total. The Hall–Kier alpha value is -0.600. The molecule has 1 aliphatic rings. The molecule has 1 N–H and O–H groups in total. The van der Waals surface area contributed by atoms with Gasteiger partial charge in [-0.05, 0) is 54.5 Å². The van der Waals surface area contributed by atoms with E-state index in [1.165, 1.54) is 5.56 Å². The fourth-order valence-electron chi connectivity index (χ4n) is 1.92. The summed E-state index contributed by atoms with van der Waals surface area (Å²) in [7, 11) is 0. The monoisotopic (exact) mass is 208 g/mol. The van der Waals surface area contributed by atoms with Crippen molar-refractivity contribution < 1.29 is 5.11 Å². The Bertz CT molecular complexity index is 302. The van der Waals surface area contributed by atoms with Crippen LogP contribution in [-0.2, 0) is 6.42 Å². The van der Waals surface area contributed by atoms with E-state index in [0.29, 0.717) is 0 Å². The lowest BCUT2D eigenvalue weighted by Crippen LogP contribution is -2.28. The Balaban J connectivity index is 1.90. The molecule has 0 radical (unpaired) electrons. The van der Waals surface area contributed by atoms with Gasteiger partial charge in [-0.3, -0.25) is 0 Å². The van der Waals surface area contributed by atoms with Crippen molar-refractivity contribution in [2.75, 3.05) is 0 Å². The predicted molar refractivity (Wildman–Crippen MR) is 60.6 cm³/mol. The lowest BCUT2D eigenvalue weighted by molar-refractivity contribution is 0.0660. The van der Waals surface area contributed by atoms with E-state index in [0.717, 1.165) is 32.1 Å². The van der Waals surface area contributed by atoms with Crippen molar-refractivity contribution >= 4 is 11.3 Å². The fraction of sp³-hybridized carbons (Fsp3) is 0.500. The third kappa shape index (κ3) is 2.46. The number of rotatable bonds is 3. The van der Waals surface area contributed by atoms with Crippen LogP contribution in [0.15, 0.2) is 29.0 Å². The molecule has 0 aromatic carbocycles. The van der Waals surface area contributed by atoms with Gasteiger partial charge in [-0.2, -0.15) is 11.3 Å². The lowest BCUT2D eigenvalue weighted by atomic mass is 9.86. The molecule has 0 fully saturated rings. The normalized spacial score (nSPS) is 26.6. The highest BCUT2D eigenvalue weighted by Gasteiger charge is 2.24. The van der Waals surface area contributed by atoms with Gasteiger partial charge < -0.3 is 5.11 Å². The minimum absolute atomic E-state index is 0.528. The first-order valence-electron chi connectivity index (χ1n) is 5.20. The maximum atomic E-state index is 10.2. The molecule has 0 saturated heterocycles. The van der Waals surface area contributed by atoms with Gasteiger partial charge in [0.05, 0.1) is 5.60 Å². The predicted octanol–water partition coefficient (Wildman–Crippen LogP) is 3.15. The molecular formula is C12H16OS. The summed E-state index contributed by atoms with van der Waals surface area (Å²) in [5.41, 5.74) is 0.822. The average molecular weight is 208 g/mol. The van der Waals surface area contributed by atoms with Crippen LogP contribution < -0.4 is 0 Å². The van der Waals surface area contributed by atoms with E-state index >= 15 is 0 Å². The van der Waals surface area contributed by atoms with E-state index in [-0.39, 0.29) is 0 Å². The molecule has 1 aliphatic carbocycles. The maximum Gasteiger partial charge on any atom is 0.0831 e. The second kappa shape index (κ2) is 4.28. The molecule has 1 aromatic heterocycles. The molecule has 2 heteroatoms. The second-order valence-corrected chi connectivity index (χ2v) is 4.81. The standard InChI is InChI=1S/C12H16OS/c13-12(6-2-1-3-7-12)8-4-11-5-9-14-10-11/h2,5-6,9-10,13H,1,3-4,7-8H2. The summed E-state index contributed by atoms with van der Waals surface area (Å²) in [6, 6.07) is 2.14. The number of hydrogen-bond acceptors (Lipinski definition) is 2. The Morgan fingerprint density at radius 1 is 1.50 bits per heavy atom. The van der Waals surface area contributed by atoms with Crippen molar-refractivity contribution in [2.45, 2.75) is 37.7 Å². The van der Waals surface area contributed by atoms with Gasteiger partial charge in [-0.25, -0.2) is 0 Å². The minimum Gasteiger partial charge on any atom is -0.386 e. The molecule has 1 unspecified atom stereocenters. The molecule has 2 rings (SSSR count). The van der Waals surface area contributed by atoms with Crippen LogP contribution in [0, 0.1) is 0 Å². The van der Waals surface area contributed by atoms with Gasteiger partial charge in [0.1, 0.15) is 0 Å². The molecule has 0 amide bonds. The Labute approximate surface area is 89.1 Å². The van der Waals surface area contributed by atoms with E-state index in [9.17, 15) is 5.11 Å². The number of aliphatic hydroxyl groups is 1. The fourth-order valence-corrected chi connectivity index (χ4v) is 2.62. The zero-order valence-corrected chi connectivity index (χ0v) is 9.09. The highest BCUT2D eigenvalue weighted by Crippen LogP contribution is 2.27. The first-order chi connectivity index (χ1) is 6.79. The van der Waals surface area contributed by atoms with E-state index in [4.69, 9.17) is 0 Å². The van der Waals surface area contributed by atoms with Gasteiger partial charge >= 0.3 is 0 Å². The van der Waals surface area contributed by atoms with Crippen LogP contribution >= 0.6 is 11.3 Å². The van der Waals surface area contributed by atoms with Crippen molar-refractivity contribution in [1.29, 1.82) is 0 Å². The van der Waals surface area contributed by atoms with E-state index in [1.807, 2.05) is 6.08 Å². The summed E-state index contributed by atoms with van der Waals surface area (Å²) in [4.78, 5) is 0. The van der Waals surface area contributed by atoms with Gasteiger partial charge in [0.15, 0.2) is 0 Å². The van der Waals surface area contributed by atoms with Crippen molar-refractivity contribution in [1.82, 2.24) is 0 Å². The molecule has 0 bridgehead atoms. The summed E-state index contributed by atoms with van der Waals surface area (Å²) < 4.78 is 0. The first kappa shape index (κ1) is 9.94. The zero-order valence-electron chi connectivity index (χ0n) is 8.28. The largest absolute Gasteiger partial charge is 0.386 e. The topological polar surface area (TPSA) is 20.2 Å². The molecular weight excluding hydrogens is 192 g/mol. The molecule has 1 heterocycles. The van der Waals surface area contributed by atoms with Crippen molar-refractivity contribution in [2.24, 2.45) is 0 Å². The summed E-state index contributed by atoms with van der Waals surface area (Å²) in [5, 5.41) is 14.4. The van der Waals surface area contributed by atoms with Crippen LogP contribution in [0.4, 0.5) is 0 Å². The number of hydrogen-bond donors (Lipinski definition) is 1. The van der Waals surface area contributed by atoms with Crippen LogP contribution in [0.2, 0.25) is 0 Å². The molecule has 0 saturated carbocycles. The lowest BCUT2D eigenvalue weighted by Gasteiger charge is -2.27. The molecule has 14 heavy (non-hydrogen) atoms. The van der Waals surface area contributed by atoms with Gasteiger partial charge in [0, 0.05) is 0 Å². The third-order valence-electron chi connectivity index (χ3n) is 2.84. The molecule has 0 aliphatic heterocycles. The van der Waals surface area contributed by atoms with E-state index < -0.39 is 5.60 Å². The Morgan fingerprint density at radius 2 is 2.43 bits per heavy atom. The molecule has 0 spiro atoms. The van der Waals surface area contributed by atoms with Gasteiger partial charge in [-0.15, -0.1) is 0 Å². The number of thiophene rings is 1. The van der Waals surface area contributed by atoms with Crippen molar-refractivity contribution in [3.05, 3.63) is 34.5 Å². The van der Waals surface area contributed by atoms with Gasteiger partial charge in [0.2, 0.25) is 0 Å². The number of aryl methyl sites for hydroxylation is 1. The smallest absolute Gasteiger partial charge is 0.0831 e. The summed E-state index contributed by atoms with van der Waals surface area (Å²) in [6.45, 7) is 0. The Kier molecular flexibility index (Phi) is 3.04. The van der Waals surface area contributed by atoms with E-state index in [2.05, 4.69) is 22.9 Å². The molecule has 76 valence electrons. The van der Waals surface area contributed by atoms with Gasteiger partial charge in [-0.1, -0.05) is 12.2 Å². The highest BCUT2D eigenvalue weighted by atomic mass is 32.1. The molecule has 1 atom stereocenters. The molecule has 1 aromatic rings. The van der Waals surface area contributed by atoms with Crippen LogP contribution in [-0.4, -0.2) is 10.7 Å². The number of allylic oxidation sites excluding steroid dienone is 1. The summed E-state index contributed by atoms with van der Waals surface area (Å²) in [5.74, 6) is 0. The van der Waals surface area contributed by atoms with Crippen molar-refractivity contribution in [3.63, 3.8) is 0 Å². The maximum absolute atomic E-state index is 10.2. The third-order valence-corrected chi connectivity index (χ3v) is 3.57. The second-order valence-electron chi connectivity index (χ2n) is 4.03. The highest BCUT2D eigenvalue weighted by molar-refractivity contribution is 7.07. The van der Waals surface area contributed by atoms with Crippen LogP contribution in [0.1, 0.15) is 31.2 Å². The average Bonchev–Trinajstić information content (AvgIpc) is 2.69. The minimum atomic E-state index is -0.528. The zero-order chi connectivity index (χ0) is 9.86. The van der Waals surface area contributed by atoms with E-state index in [1.54, 1.807) is 11.3 Å². The summed E-state index contributed by atoms with van der Waals surface area (Å²) in [6.07, 6.45) is 9.12. The quantitative estimate of drug-likeness (QED) is 0.757.